The van der Waals surface area contributed by atoms with Crippen LogP contribution in [0.25, 0.3) is 0 Å². The van der Waals surface area contributed by atoms with Gasteiger partial charge >= 0.3 is 0 Å². The number of hydrogen-bond acceptors (Lipinski definition) is 3. The second-order valence-corrected chi connectivity index (χ2v) is 6.56. The predicted octanol–water partition coefficient (Wildman–Crippen LogP) is 3.11. The van der Waals surface area contributed by atoms with E-state index in [0.717, 1.165) is 32.1 Å². The van der Waals surface area contributed by atoms with Gasteiger partial charge in [-0.15, -0.1) is 0 Å². The number of ketones is 1. The standard InChI is InChI=1S/C17H26N2O2/c18-12-15(16(20)11-10-13-6-4-5-7-13)17(21)19-14-8-2-1-3-9-14/h13-15H,1-11H2,(H,19,21)/t15-/m1/s1. The van der Waals surface area contributed by atoms with Crippen LogP contribution in [0.15, 0.2) is 0 Å². The van der Waals surface area contributed by atoms with E-state index >= 15 is 0 Å². The van der Waals surface area contributed by atoms with Gasteiger partial charge in [0, 0.05) is 12.5 Å². The van der Waals surface area contributed by atoms with E-state index in [0.29, 0.717) is 12.3 Å². The molecule has 116 valence electrons. The van der Waals surface area contributed by atoms with Gasteiger partial charge in [0.2, 0.25) is 5.91 Å². The number of amides is 1. The third kappa shape index (κ3) is 4.84. The zero-order chi connectivity index (χ0) is 15.1. The molecule has 2 fully saturated rings. The molecule has 21 heavy (non-hydrogen) atoms. The molecule has 0 aromatic rings. The van der Waals surface area contributed by atoms with Gasteiger partial charge in [-0.1, -0.05) is 44.9 Å². The number of carbonyl (C=O) groups is 2. The number of carbonyl (C=O) groups excluding carboxylic acids is 2. The van der Waals surface area contributed by atoms with Crippen molar-refractivity contribution in [1.29, 1.82) is 5.26 Å². The van der Waals surface area contributed by atoms with E-state index in [-0.39, 0.29) is 17.7 Å². The summed E-state index contributed by atoms with van der Waals surface area (Å²) in [4.78, 5) is 24.3. The van der Waals surface area contributed by atoms with Crippen molar-refractivity contribution in [2.75, 3.05) is 0 Å². The van der Waals surface area contributed by atoms with E-state index < -0.39 is 5.92 Å². The van der Waals surface area contributed by atoms with Gasteiger partial charge in [-0.25, -0.2) is 0 Å². The van der Waals surface area contributed by atoms with E-state index in [1.807, 2.05) is 6.07 Å². The Balaban J connectivity index is 1.78. The molecule has 0 spiro atoms. The third-order valence-corrected chi connectivity index (χ3v) is 4.94. The highest BCUT2D eigenvalue weighted by Gasteiger charge is 2.29. The normalized spacial score (nSPS) is 21.7. The van der Waals surface area contributed by atoms with Crippen LogP contribution in [0.5, 0.6) is 0 Å². The van der Waals surface area contributed by atoms with E-state index in [2.05, 4.69) is 5.32 Å². The summed E-state index contributed by atoms with van der Waals surface area (Å²) >= 11 is 0. The zero-order valence-electron chi connectivity index (χ0n) is 12.8. The first-order valence-electron chi connectivity index (χ1n) is 8.43. The van der Waals surface area contributed by atoms with Crippen LogP contribution in [-0.4, -0.2) is 17.7 Å². The summed E-state index contributed by atoms with van der Waals surface area (Å²) in [7, 11) is 0. The minimum absolute atomic E-state index is 0.157. The summed E-state index contributed by atoms with van der Waals surface area (Å²) in [6.07, 6.45) is 11.5. The van der Waals surface area contributed by atoms with Crippen molar-refractivity contribution in [1.82, 2.24) is 5.32 Å². The van der Waals surface area contributed by atoms with Crippen molar-refractivity contribution in [3.63, 3.8) is 0 Å². The largest absolute Gasteiger partial charge is 0.352 e. The Morgan fingerprint density at radius 1 is 1.05 bits per heavy atom. The molecule has 2 saturated carbocycles. The summed E-state index contributed by atoms with van der Waals surface area (Å²) in [6, 6.07) is 2.06. The van der Waals surface area contributed by atoms with Crippen molar-refractivity contribution in [3.05, 3.63) is 0 Å². The fourth-order valence-electron chi connectivity index (χ4n) is 3.60. The Bertz CT molecular complexity index is 402. The molecule has 0 unspecified atom stereocenters. The maximum atomic E-state index is 12.1. The van der Waals surface area contributed by atoms with E-state index in [4.69, 9.17) is 5.26 Å². The van der Waals surface area contributed by atoms with Crippen molar-refractivity contribution >= 4 is 11.7 Å². The monoisotopic (exact) mass is 290 g/mol. The van der Waals surface area contributed by atoms with Gasteiger partial charge in [0.1, 0.15) is 0 Å². The van der Waals surface area contributed by atoms with Crippen LogP contribution in [0, 0.1) is 23.2 Å². The Labute approximate surface area is 127 Å². The number of hydrogen-bond donors (Lipinski definition) is 1. The topological polar surface area (TPSA) is 70.0 Å². The van der Waals surface area contributed by atoms with Crippen LogP contribution in [0.1, 0.15) is 70.6 Å². The second-order valence-electron chi connectivity index (χ2n) is 6.56. The molecule has 0 radical (unpaired) electrons. The molecule has 0 aromatic heterocycles. The quantitative estimate of drug-likeness (QED) is 0.764. The lowest BCUT2D eigenvalue weighted by atomic mass is 9.92. The van der Waals surface area contributed by atoms with Gasteiger partial charge in [0.25, 0.3) is 0 Å². The first kappa shape index (κ1) is 16.0. The average Bonchev–Trinajstić information content (AvgIpc) is 3.00. The summed E-state index contributed by atoms with van der Waals surface area (Å²) in [5, 5.41) is 12.1. The Kier molecular flexibility index (Phi) is 6.22. The van der Waals surface area contributed by atoms with Crippen molar-refractivity contribution in [3.8, 4) is 6.07 Å². The minimum atomic E-state index is -1.10. The smallest absolute Gasteiger partial charge is 0.245 e. The first-order chi connectivity index (χ1) is 10.2. The molecule has 1 atom stereocenters. The summed E-state index contributed by atoms with van der Waals surface area (Å²) in [5.74, 6) is -1.05. The molecular formula is C17H26N2O2. The molecule has 2 aliphatic rings. The van der Waals surface area contributed by atoms with E-state index in [9.17, 15) is 9.59 Å². The molecule has 2 rings (SSSR count). The molecule has 0 aromatic carbocycles. The fraction of sp³-hybridized carbons (Fsp3) is 0.824. The van der Waals surface area contributed by atoms with Crippen molar-refractivity contribution in [2.24, 2.45) is 11.8 Å². The van der Waals surface area contributed by atoms with Gasteiger partial charge in [0.15, 0.2) is 11.7 Å². The van der Waals surface area contributed by atoms with Crippen LogP contribution in [0.3, 0.4) is 0 Å². The molecule has 1 N–H and O–H groups in total. The predicted molar refractivity (Wildman–Crippen MR) is 80.3 cm³/mol. The Morgan fingerprint density at radius 3 is 2.29 bits per heavy atom. The van der Waals surface area contributed by atoms with Crippen LogP contribution in [-0.2, 0) is 9.59 Å². The maximum absolute atomic E-state index is 12.1. The fourth-order valence-corrected chi connectivity index (χ4v) is 3.60. The summed E-state index contributed by atoms with van der Waals surface area (Å²) in [6.45, 7) is 0. The zero-order valence-corrected chi connectivity index (χ0v) is 12.8. The number of nitrogens with zero attached hydrogens (tertiary/aromatic N) is 1. The molecule has 0 aliphatic heterocycles. The van der Waals surface area contributed by atoms with E-state index in [1.54, 1.807) is 0 Å². The van der Waals surface area contributed by atoms with E-state index in [1.165, 1.54) is 32.1 Å². The number of nitriles is 1. The number of Topliss-reactive ketones (excluding diaryl/α,β-unsaturated/α-hetero) is 1. The van der Waals surface area contributed by atoms with Crippen LogP contribution < -0.4 is 5.32 Å². The lowest BCUT2D eigenvalue weighted by Gasteiger charge is -2.23. The highest BCUT2D eigenvalue weighted by Crippen LogP contribution is 2.29. The van der Waals surface area contributed by atoms with Crippen LogP contribution >= 0.6 is 0 Å². The minimum Gasteiger partial charge on any atom is -0.352 e. The molecule has 0 bridgehead atoms. The maximum Gasteiger partial charge on any atom is 0.245 e. The van der Waals surface area contributed by atoms with Gasteiger partial charge in [-0.3, -0.25) is 9.59 Å². The molecule has 4 heteroatoms. The molecule has 4 nitrogen and oxygen atoms in total. The highest BCUT2D eigenvalue weighted by atomic mass is 16.2. The molecule has 2 aliphatic carbocycles. The second kappa shape index (κ2) is 8.17. The Hall–Kier alpha value is -1.37. The lowest BCUT2D eigenvalue weighted by molar-refractivity contribution is -0.132. The average molecular weight is 290 g/mol. The van der Waals surface area contributed by atoms with Crippen molar-refractivity contribution in [2.45, 2.75) is 76.7 Å². The summed E-state index contributed by atoms with van der Waals surface area (Å²) < 4.78 is 0. The number of nitrogens with one attached hydrogen (secondary N) is 1. The third-order valence-electron chi connectivity index (χ3n) is 4.94. The number of rotatable bonds is 6. The highest BCUT2D eigenvalue weighted by molar-refractivity contribution is 6.04. The summed E-state index contributed by atoms with van der Waals surface area (Å²) in [5.41, 5.74) is 0. The van der Waals surface area contributed by atoms with Gasteiger partial charge in [0.05, 0.1) is 6.07 Å². The SMILES string of the molecule is N#C[C@H](C(=O)CCC1CCCC1)C(=O)NC1CCCCC1. The molecule has 0 heterocycles. The van der Waals surface area contributed by atoms with Crippen molar-refractivity contribution < 1.29 is 9.59 Å². The lowest BCUT2D eigenvalue weighted by Crippen LogP contribution is -2.42. The Morgan fingerprint density at radius 2 is 1.67 bits per heavy atom. The van der Waals surface area contributed by atoms with Crippen LogP contribution in [0.2, 0.25) is 0 Å². The molecule has 1 amide bonds. The molecular weight excluding hydrogens is 264 g/mol. The van der Waals surface area contributed by atoms with Gasteiger partial charge < -0.3 is 5.32 Å². The van der Waals surface area contributed by atoms with Crippen LogP contribution in [0.4, 0.5) is 0 Å². The first-order valence-corrected chi connectivity index (χ1v) is 8.43. The molecule has 0 saturated heterocycles. The van der Waals surface area contributed by atoms with Gasteiger partial charge in [-0.05, 0) is 25.2 Å². The van der Waals surface area contributed by atoms with Gasteiger partial charge in [-0.2, -0.15) is 5.26 Å².